The van der Waals surface area contributed by atoms with Gasteiger partial charge < -0.3 is 10.6 Å². The molecule has 0 saturated heterocycles. The molecule has 7 nitrogen and oxygen atoms in total. The standard InChI is InChI=1S/C16H17ClF3N5O2/c1-9(2)5-6-21-14-13(25(26)27)15(23-8-22-14)24-12-7-10(16(18,19)20)3-4-11(12)17/h3-4,7-9H,5-6H2,1-2H3,(H2,21,22,23,24). The van der Waals surface area contributed by atoms with Crippen molar-refractivity contribution in [2.24, 2.45) is 5.92 Å². The maximum atomic E-state index is 12.9. The van der Waals surface area contributed by atoms with E-state index in [2.05, 4.69) is 20.6 Å². The van der Waals surface area contributed by atoms with Gasteiger partial charge in [-0.2, -0.15) is 13.2 Å². The Hall–Kier alpha value is -2.62. The van der Waals surface area contributed by atoms with Gasteiger partial charge in [0.25, 0.3) is 0 Å². The predicted octanol–water partition coefficient (Wildman–Crippen LogP) is 5.26. The van der Waals surface area contributed by atoms with Crippen LogP contribution in [0.15, 0.2) is 24.5 Å². The fourth-order valence-electron chi connectivity index (χ4n) is 2.18. The molecule has 0 spiro atoms. The molecular weight excluding hydrogens is 387 g/mol. The highest BCUT2D eigenvalue weighted by molar-refractivity contribution is 6.33. The fourth-order valence-corrected chi connectivity index (χ4v) is 2.34. The van der Waals surface area contributed by atoms with Gasteiger partial charge in [-0.25, -0.2) is 9.97 Å². The van der Waals surface area contributed by atoms with Crippen LogP contribution in [-0.4, -0.2) is 21.4 Å². The van der Waals surface area contributed by atoms with E-state index in [9.17, 15) is 23.3 Å². The molecule has 27 heavy (non-hydrogen) atoms. The molecule has 0 atom stereocenters. The van der Waals surface area contributed by atoms with Crippen LogP contribution in [0.2, 0.25) is 5.02 Å². The number of aromatic nitrogens is 2. The van der Waals surface area contributed by atoms with Gasteiger partial charge >= 0.3 is 11.9 Å². The van der Waals surface area contributed by atoms with Gasteiger partial charge in [0.1, 0.15) is 6.33 Å². The third-order valence-electron chi connectivity index (χ3n) is 3.57. The van der Waals surface area contributed by atoms with Crippen molar-refractivity contribution in [2.45, 2.75) is 26.4 Å². The third-order valence-corrected chi connectivity index (χ3v) is 3.90. The van der Waals surface area contributed by atoms with Gasteiger partial charge in [0.15, 0.2) is 0 Å². The number of halogens is 4. The smallest absolute Gasteiger partial charge is 0.364 e. The van der Waals surface area contributed by atoms with E-state index in [1.165, 1.54) is 0 Å². The van der Waals surface area contributed by atoms with Crippen LogP contribution in [0.1, 0.15) is 25.8 Å². The number of nitro groups is 1. The van der Waals surface area contributed by atoms with E-state index >= 15 is 0 Å². The zero-order valence-electron chi connectivity index (χ0n) is 14.5. The molecule has 2 N–H and O–H groups in total. The molecule has 0 fully saturated rings. The Morgan fingerprint density at radius 1 is 1.26 bits per heavy atom. The second-order valence-electron chi connectivity index (χ2n) is 6.10. The van der Waals surface area contributed by atoms with Crippen LogP contribution in [0.4, 0.5) is 36.2 Å². The summed E-state index contributed by atoms with van der Waals surface area (Å²) in [7, 11) is 0. The van der Waals surface area contributed by atoms with E-state index in [4.69, 9.17) is 11.6 Å². The highest BCUT2D eigenvalue weighted by Crippen LogP contribution is 2.37. The first-order valence-corrected chi connectivity index (χ1v) is 8.34. The molecule has 0 amide bonds. The SMILES string of the molecule is CC(C)CCNc1ncnc(Nc2cc(C(F)(F)F)ccc2Cl)c1[N+](=O)[O-]. The van der Waals surface area contributed by atoms with Crippen molar-refractivity contribution in [3.05, 3.63) is 45.2 Å². The summed E-state index contributed by atoms with van der Waals surface area (Å²) in [5, 5.41) is 16.8. The summed E-state index contributed by atoms with van der Waals surface area (Å²) in [5.41, 5.74) is -1.57. The maximum Gasteiger partial charge on any atom is 0.416 e. The van der Waals surface area contributed by atoms with Crippen molar-refractivity contribution in [3.8, 4) is 0 Å². The van der Waals surface area contributed by atoms with Gasteiger partial charge in [-0.3, -0.25) is 10.1 Å². The van der Waals surface area contributed by atoms with Gasteiger partial charge in [0.05, 0.1) is 21.2 Å². The van der Waals surface area contributed by atoms with Crippen molar-refractivity contribution >= 4 is 34.6 Å². The first-order chi connectivity index (χ1) is 12.6. The summed E-state index contributed by atoms with van der Waals surface area (Å²) in [6.45, 7) is 4.44. The van der Waals surface area contributed by atoms with Crippen LogP contribution in [0.5, 0.6) is 0 Å². The number of hydrogen-bond donors (Lipinski definition) is 2. The Balaban J connectivity index is 2.37. The summed E-state index contributed by atoms with van der Waals surface area (Å²) < 4.78 is 38.7. The van der Waals surface area contributed by atoms with Crippen LogP contribution < -0.4 is 10.6 Å². The minimum Gasteiger partial charge on any atom is -0.364 e. The molecule has 0 saturated carbocycles. The van der Waals surface area contributed by atoms with E-state index in [-0.39, 0.29) is 22.3 Å². The average molecular weight is 404 g/mol. The fraction of sp³-hybridized carbons (Fsp3) is 0.375. The van der Waals surface area contributed by atoms with E-state index in [1.54, 1.807) is 0 Å². The molecular formula is C16H17ClF3N5O2. The Morgan fingerprint density at radius 3 is 2.52 bits per heavy atom. The molecule has 0 aliphatic heterocycles. The van der Waals surface area contributed by atoms with Crippen molar-refractivity contribution < 1.29 is 18.1 Å². The molecule has 0 unspecified atom stereocenters. The van der Waals surface area contributed by atoms with Gasteiger partial charge in [-0.1, -0.05) is 25.4 Å². The number of nitrogens with one attached hydrogen (secondary N) is 2. The Bertz CT molecular complexity index is 830. The summed E-state index contributed by atoms with van der Waals surface area (Å²) >= 11 is 5.93. The molecule has 0 radical (unpaired) electrons. The summed E-state index contributed by atoms with van der Waals surface area (Å²) in [5.74, 6) is 0.0874. The van der Waals surface area contributed by atoms with Crippen LogP contribution in [0.3, 0.4) is 0 Å². The zero-order chi connectivity index (χ0) is 20.2. The second-order valence-corrected chi connectivity index (χ2v) is 6.51. The summed E-state index contributed by atoms with van der Waals surface area (Å²) in [4.78, 5) is 18.4. The van der Waals surface area contributed by atoms with Gasteiger partial charge in [-0.15, -0.1) is 0 Å². The van der Waals surface area contributed by atoms with Crippen molar-refractivity contribution in [1.82, 2.24) is 9.97 Å². The topological polar surface area (TPSA) is 93.0 Å². The Kier molecular flexibility index (Phi) is 6.42. The number of anilines is 3. The van der Waals surface area contributed by atoms with Crippen molar-refractivity contribution in [3.63, 3.8) is 0 Å². The van der Waals surface area contributed by atoms with Crippen LogP contribution >= 0.6 is 11.6 Å². The third kappa shape index (κ3) is 5.43. The first-order valence-electron chi connectivity index (χ1n) is 7.96. The average Bonchev–Trinajstić information content (AvgIpc) is 2.55. The molecule has 2 aromatic rings. The normalized spacial score (nSPS) is 11.5. The van der Waals surface area contributed by atoms with E-state index < -0.39 is 22.4 Å². The summed E-state index contributed by atoms with van der Waals surface area (Å²) in [6.07, 6.45) is -2.75. The van der Waals surface area contributed by atoms with Crippen molar-refractivity contribution in [1.29, 1.82) is 0 Å². The molecule has 2 rings (SSSR count). The molecule has 1 aromatic carbocycles. The number of hydrogen-bond acceptors (Lipinski definition) is 6. The molecule has 1 heterocycles. The monoisotopic (exact) mass is 403 g/mol. The molecule has 0 bridgehead atoms. The van der Waals surface area contributed by atoms with Gasteiger partial charge in [-0.05, 0) is 30.5 Å². The lowest BCUT2D eigenvalue weighted by molar-refractivity contribution is -0.383. The largest absolute Gasteiger partial charge is 0.416 e. The number of nitrogens with zero attached hydrogens (tertiary/aromatic N) is 3. The lowest BCUT2D eigenvalue weighted by Gasteiger charge is -2.13. The lowest BCUT2D eigenvalue weighted by atomic mass is 10.1. The van der Waals surface area contributed by atoms with E-state index in [1.807, 2.05) is 13.8 Å². The molecule has 0 aliphatic rings. The van der Waals surface area contributed by atoms with Gasteiger partial charge in [0, 0.05) is 6.54 Å². The molecule has 11 heteroatoms. The minimum atomic E-state index is -4.58. The minimum absolute atomic E-state index is 0.0266. The van der Waals surface area contributed by atoms with Crippen LogP contribution in [0.25, 0.3) is 0 Å². The van der Waals surface area contributed by atoms with Gasteiger partial charge in [0.2, 0.25) is 11.6 Å². The highest BCUT2D eigenvalue weighted by Gasteiger charge is 2.31. The number of benzene rings is 1. The summed E-state index contributed by atoms with van der Waals surface area (Å²) in [6, 6.07) is 2.64. The highest BCUT2D eigenvalue weighted by atomic mass is 35.5. The van der Waals surface area contributed by atoms with Crippen LogP contribution in [-0.2, 0) is 6.18 Å². The quantitative estimate of drug-likeness (QED) is 0.484. The van der Waals surface area contributed by atoms with Crippen molar-refractivity contribution in [2.75, 3.05) is 17.2 Å². The zero-order valence-corrected chi connectivity index (χ0v) is 15.2. The molecule has 146 valence electrons. The maximum absolute atomic E-state index is 12.9. The molecule has 1 aromatic heterocycles. The number of alkyl halides is 3. The van der Waals surface area contributed by atoms with E-state index in [0.717, 1.165) is 30.9 Å². The predicted molar refractivity (Wildman–Crippen MR) is 96.4 cm³/mol. The second kappa shape index (κ2) is 8.38. The Morgan fingerprint density at radius 2 is 1.93 bits per heavy atom. The Labute approximate surface area is 158 Å². The van der Waals surface area contributed by atoms with Crippen LogP contribution in [0, 0.1) is 16.0 Å². The first kappa shape index (κ1) is 20.7. The van der Waals surface area contributed by atoms with E-state index in [0.29, 0.717) is 12.5 Å². The lowest BCUT2D eigenvalue weighted by Crippen LogP contribution is -2.11. The molecule has 0 aliphatic carbocycles. The number of rotatable bonds is 7.